The first-order valence-corrected chi connectivity index (χ1v) is 9.56. The Kier molecular flexibility index (Phi) is 4.58. The van der Waals surface area contributed by atoms with Gasteiger partial charge in [-0.1, -0.05) is 11.6 Å². The maximum atomic E-state index is 13.1. The number of nitrogens with zero attached hydrogens (tertiary/aromatic N) is 2. The lowest BCUT2D eigenvalue weighted by Crippen LogP contribution is -2.05. The molecule has 0 saturated heterocycles. The summed E-state index contributed by atoms with van der Waals surface area (Å²) >= 11 is 5.83. The van der Waals surface area contributed by atoms with E-state index in [9.17, 15) is 21.6 Å². The molecule has 0 atom stereocenters. The van der Waals surface area contributed by atoms with E-state index in [4.69, 9.17) is 11.6 Å². The predicted octanol–water partition coefficient (Wildman–Crippen LogP) is 4.62. The van der Waals surface area contributed by atoms with Crippen LogP contribution in [-0.2, 0) is 16.0 Å². The van der Waals surface area contributed by atoms with Crippen LogP contribution in [0.15, 0.2) is 59.6 Å². The Morgan fingerprint density at radius 1 is 1.00 bits per heavy atom. The second-order valence-corrected chi connectivity index (χ2v) is 8.04. The highest BCUT2D eigenvalue weighted by Gasteiger charge is 2.35. The molecule has 1 heterocycles. The number of alkyl halides is 3. The first kappa shape index (κ1) is 18.5. The van der Waals surface area contributed by atoms with Crippen LogP contribution in [0.5, 0.6) is 0 Å². The minimum atomic E-state index is -4.61. The second kappa shape index (κ2) is 6.44. The highest BCUT2D eigenvalue weighted by atomic mass is 35.5. The molecule has 0 aliphatic rings. The zero-order valence-corrected chi connectivity index (χ0v) is 14.9. The van der Waals surface area contributed by atoms with Gasteiger partial charge in [0.05, 0.1) is 4.90 Å². The molecule has 3 rings (SSSR count). The Balaban J connectivity index is 2.16. The summed E-state index contributed by atoms with van der Waals surface area (Å²) in [5.41, 5.74) is -0.253. The highest BCUT2D eigenvalue weighted by molar-refractivity contribution is 7.90. The average Bonchev–Trinajstić information content (AvgIpc) is 3.00. The van der Waals surface area contributed by atoms with Crippen molar-refractivity contribution in [2.24, 2.45) is 0 Å². The van der Waals surface area contributed by atoms with E-state index in [2.05, 4.69) is 4.98 Å². The van der Waals surface area contributed by atoms with Crippen molar-refractivity contribution in [3.05, 3.63) is 65.4 Å². The van der Waals surface area contributed by atoms with Gasteiger partial charge in [-0.2, -0.15) is 13.2 Å². The molecule has 0 saturated carbocycles. The zero-order valence-electron chi connectivity index (χ0n) is 13.3. The van der Waals surface area contributed by atoms with Gasteiger partial charge in [0.2, 0.25) is 0 Å². The Morgan fingerprint density at radius 2 is 1.58 bits per heavy atom. The lowest BCUT2D eigenvalue weighted by atomic mass is 10.2. The fourth-order valence-electron chi connectivity index (χ4n) is 2.37. The maximum Gasteiger partial charge on any atom is 0.434 e. The first-order valence-electron chi connectivity index (χ1n) is 7.29. The van der Waals surface area contributed by atoms with Crippen molar-refractivity contribution in [1.29, 1.82) is 0 Å². The summed E-state index contributed by atoms with van der Waals surface area (Å²) in [4.78, 5) is 3.77. The Bertz CT molecular complexity index is 1040. The zero-order chi connectivity index (χ0) is 19.1. The molecule has 0 fully saturated rings. The summed E-state index contributed by atoms with van der Waals surface area (Å²) in [7, 11) is -3.41. The lowest BCUT2D eigenvalue weighted by molar-refractivity contribution is -0.140. The third-order valence-corrected chi connectivity index (χ3v) is 5.02. The molecule has 0 aliphatic carbocycles. The molecule has 26 heavy (non-hydrogen) atoms. The fraction of sp³-hybridized carbons (Fsp3) is 0.118. The molecule has 0 radical (unpaired) electrons. The van der Waals surface area contributed by atoms with Crippen molar-refractivity contribution in [1.82, 2.24) is 9.55 Å². The minimum absolute atomic E-state index is 0.0414. The van der Waals surface area contributed by atoms with Crippen LogP contribution < -0.4 is 0 Å². The van der Waals surface area contributed by atoms with E-state index in [0.717, 1.165) is 12.5 Å². The lowest BCUT2D eigenvalue weighted by Gasteiger charge is -2.08. The molecular weight excluding hydrogens is 389 g/mol. The molecular formula is C17H12ClF3N2O2S. The molecule has 2 aromatic carbocycles. The van der Waals surface area contributed by atoms with Gasteiger partial charge in [0, 0.05) is 28.7 Å². The molecule has 4 nitrogen and oxygen atoms in total. The molecule has 136 valence electrons. The van der Waals surface area contributed by atoms with Gasteiger partial charge in [-0.15, -0.1) is 0 Å². The van der Waals surface area contributed by atoms with Crippen molar-refractivity contribution >= 4 is 21.4 Å². The molecule has 0 N–H and O–H groups in total. The summed E-state index contributed by atoms with van der Waals surface area (Å²) in [5.74, 6) is 0.0414. The van der Waals surface area contributed by atoms with Gasteiger partial charge in [-0.05, 0) is 48.5 Å². The van der Waals surface area contributed by atoms with E-state index < -0.39 is 21.7 Å². The molecule has 0 spiro atoms. The summed E-state index contributed by atoms with van der Waals surface area (Å²) in [5, 5.41) is 0.448. The summed E-state index contributed by atoms with van der Waals surface area (Å²) in [6.45, 7) is 0. The van der Waals surface area contributed by atoms with Crippen molar-refractivity contribution < 1.29 is 21.6 Å². The van der Waals surface area contributed by atoms with E-state index in [0.29, 0.717) is 16.3 Å². The van der Waals surface area contributed by atoms with Crippen LogP contribution in [0.25, 0.3) is 17.1 Å². The summed E-state index contributed by atoms with van der Waals surface area (Å²) in [6, 6.07) is 11.8. The number of aromatic nitrogens is 2. The van der Waals surface area contributed by atoms with Crippen LogP contribution in [0.2, 0.25) is 5.02 Å². The van der Waals surface area contributed by atoms with Crippen molar-refractivity contribution in [2.75, 3.05) is 6.26 Å². The van der Waals surface area contributed by atoms with Gasteiger partial charge in [-0.3, -0.25) is 4.57 Å². The largest absolute Gasteiger partial charge is 0.434 e. The van der Waals surface area contributed by atoms with Gasteiger partial charge in [0.25, 0.3) is 0 Å². The number of sulfone groups is 1. The van der Waals surface area contributed by atoms with Gasteiger partial charge < -0.3 is 0 Å². The monoisotopic (exact) mass is 400 g/mol. The molecule has 0 unspecified atom stereocenters. The molecule has 1 aromatic heterocycles. The van der Waals surface area contributed by atoms with Crippen LogP contribution in [0, 0.1) is 0 Å². The van der Waals surface area contributed by atoms with Crippen LogP contribution in [-0.4, -0.2) is 24.2 Å². The number of rotatable bonds is 3. The van der Waals surface area contributed by atoms with Crippen molar-refractivity contribution in [3.8, 4) is 17.1 Å². The number of hydrogen-bond acceptors (Lipinski definition) is 3. The van der Waals surface area contributed by atoms with Crippen molar-refractivity contribution in [3.63, 3.8) is 0 Å². The third kappa shape index (κ3) is 3.76. The molecule has 3 aromatic rings. The topological polar surface area (TPSA) is 52.0 Å². The van der Waals surface area contributed by atoms with E-state index in [1.165, 1.54) is 28.8 Å². The molecule has 0 aliphatic heterocycles. The number of hydrogen-bond donors (Lipinski definition) is 0. The van der Waals surface area contributed by atoms with Crippen LogP contribution >= 0.6 is 11.6 Å². The summed E-state index contributed by atoms with van der Waals surface area (Å²) in [6.07, 6.45) is -2.67. The fourth-order valence-corrected chi connectivity index (χ4v) is 3.13. The third-order valence-electron chi connectivity index (χ3n) is 3.64. The number of imidazole rings is 1. The first-order chi connectivity index (χ1) is 12.1. The highest BCUT2D eigenvalue weighted by Crippen LogP contribution is 2.33. The predicted molar refractivity (Wildman–Crippen MR) is 92.1 cm³/mol. The van der Waals surface area contributed by atoms with E-state index >= 15 is 0 Å². The SMILES string of the molecule is CS(=O)(=O)c1ccc(-c2nc(C(F)(F)F)cn2-c2ccc(Cl)cc2)cc1. The van der Waals surface area contributed by atoms with E-state index in [1.807, 2.05) is 0 Å². The quantitative estimate of drug-likeness (QED) is 0.645. The standard InChI is InChI=1S/C17H12ClF3N2O2S/c1-26(24,25)14-8-2-11(3-9-14)16-22-15(17(19,20)21)10-23(16)13-6-4-12(18)5-7-13/h2-10H,1H3. The van der Waals surface area contributed by atoms with Gasteiger partial charge in [0.15, 0.2) is 15.5 Å². The van der Waals surface area contributed by atoms with Gasteiger partial charge in [0.1, 0.15) is 5.82 Å². The van der Waals surface area contributed by atoms with Crippen LogP contribution in [0.1, 0.15) is 5.69 Å². The van der Waals surface area contributed by atoms with E-state index in [1.54, 1.807) is 24.3 Å². The Hall–Kier alpha value is -2.32. The van der Waals surface area contributed by atoms with Gasteiger partial charge in [-0.25, -0.2) is 13.4 Å². The van der Waals surface area contributed by atoms with Crippen LogP contribution in [0.3, 0.4) is 0 Å². The Morgan fingerprint density at radius 3 is 2.08 bits per heavy atom. The molecule has 0 amide bonds. The van der Waals surface area contributed by atoms with Crippen molar-refractivity contribution in [2.45, 2.75) is 11.1 Å². The van der Waals surface area contributed by atoms with E-state index in [-0.39, 0.29) is 10.7 Å². The molecule has 0 bridgehead atoms. The molecule has 9 heteroatoms. The summed E-state index contributed by atoms with van der Waals surface area (Å²) < 4.78 is 63.8. The minimum Gasteiger partial charge on any atom is -0.299 e. The average molecular weight is 401 g/mol. The second-order valence-electron chi connectivity index (χ2n) is 5.59. The smallest absolute Gasteiger partial charge is 0.299 e. The normalized spacial score (nSPS) is 12.3. The maximum absolute atomic E-state index is 13.1. The van der Waals surface area contributed by atoms with Gasteiger partial charge >= 0.3 is 6.18 Å². The number of halogens is 4. The Labute approximate surface area is 152 Å². The van der Waals surface area contributed by atoms with Crippen LogP contribution in [0.4, 0.5) is 13.2 Å². The number of benzene rings is 2.